The fourth-order valence-electron chi connectivity index (χ4n) is 2.95. The van der Waals surface area contributed by atoms with Crippen LogP contribution in [0.15, 0.2) is 47.5 Å². The van der Waals surface area contributed by atoms with Crippen molar-refractivity contribution in [2.45, 2.75) is 46.3 Å². The van der Waals surface area contributed by atoms with E-state index < -0.39 is 0 Å². The number of nitrogens with zero attached hydrogens (tertiary/aromatic N) is 1. The third-order valence-corrected chi connectivity index (χ3v) is 4.92. The van der Waals surface area contributed by atoms with Crippen molar-refractivity contribution in [1.29, 1.82) is 0 Å². The summed E-state index contributed by atoms with van der Waals surface area (Å²) in [6.07, 6.45) is 1.93. The minimum absolute atomic E-state index is 0.0733. The van der Waals surface area contributed by atoms with Gasteiger partial charge in [0.05, 0.1) is 6.10 Å². The summed E-state index contributed by atoms with van der Waals surface area (Å²) in [5.74, 6) is 1.57. The van der Waals surface area contributed by atoms with Gasteiger partial charge in [0.2, 0.25) is 0 Å². The number of aliphatic imine (C=N–C) groups is 1. The molecule has 0 aliphatic carbocycles. The second kappa shape index (κ2) is 11.9. The predicted molar refractivity (Wildman–Crippen MR) is 123 cm³/mol. The molecule has 1 atom stereocenters. The number of carbonyl (C=O) groups is 1. The van der Waals surface area contributed by atoms with Gasteiger partial charge in [0.15, 0.2) is 5.96 Å². The van der Waals surface area contributed by atoms with E-state index in [0.29, 0.717) is 18.7 Å². The van der Waals surface area contributed by atoms with E-state index in [1.54, 1.807) is 14.1 Å². The molecule has 0 bridgehead atoms. The van der Waals surface area contributed by atoms with Crippen molar-refractivity contribution in [3.8, 4) is 5.75 Å². The molecular formula is C24H34N4O2. The van der Waals surface area contributed by atoms with Crippen molar-refractivity contribution in [3.63, 3.8) is 0 Å². The Kier molecular flexibility index (Phi) is 9.19. The summed E-state index contributed by atoms with van der Waals surface area (Å²) in [4.78, 5) is 16.1. The molecule has 0 aliphatic rings. The van der Waals surface area contributed by atoms with E-state index in [2.05, 4.69) is 59.9 Å². The van der Waals surface area contributed by atoms with Gasteiger partial charge in [-0.15, -0.1) is 0 Å². The van der Waals surface area contributed by atoms with Crippen LogP contribution in [0.4, 0.5) is 0 Å². The Morgan fingerprint density at radius 2 is 1.97 bits per heavy atom. The molecule has 0 saturated carbocycles. The summed E-state index contributed by atoms with van der Waals surface area (Å²) in [6.45, 7) is 7.60. The molecular weight excluding hydrogens is 376 g/mol. The standard InChI is InChI=1S/C24H34N4O2/c1-6-18(3)30-22-14-17(2)10-11-21(22)16-28-24(26-5)27-13-12-19-8-7-9-20(15-19)23(29)25-4/h7-11,14-15,18H,6,12-13,16H2,1-5H3,(H,25,29)(H2,26,27,28). The highest BCUT2D eigenvalue weighted by Crippen LogP contribution is 2.22. The molecule has 0 spiro atoms. The van der Waals surface area contributed by atoms with Crippen molar-refractivity contribution in [2.75, 3.05) is 20.6 Å². The third-order valence-electron chi connectivity index (χ3n) is 4.92. The molecule has 1 amide bonds. The molecule has 0 fully saturated rings. The lowest BCUT2D eigenvalue weighted by Crippen LogP contribution is -2.38. The van der Waals surface area contributed by atoms with Crippen molar-refractivity contribution in [1.82, 2.24) is 16.0 Å². The van der Waals surface area contributed by atoms with E-state index in [1.807, 2.05) is 24.3 Å². The molecule has 0 radical (unpaired) electrons. The van der Waals surface area contributed by atoms with Gasteiger partial charge in [-0.25, -0.2) is 0 Å². The number of hydrogen-bond donors (Lipinski definition) is 3. The number of hydrogen-bond acceptors (Lipinski definition) is 3. The normalized spacial score (nSPS) is 12.2. The third kappa shape index (κ3) is 7.10. The molecule has 0 saturated heterocycles. The Bertz CT molecular complexity index is 864. The maximum absolute atomic E-state index is 11.8. The van der Waals surface area contributed by atoms with Crippen molar-refractivity contribution < 1.29 is 9.53 Å². The first-order valence-corrected chi connectivity index (χ1v) is 10.5. The zero-order valence-electron chi connectivity index (χ0n) is 18.7. The second-order valence-electron chi connectivity index (χ2n) is 7.33. The van der Waals surface area contributed by atoms with Crippen LogP contribution in [0, 0.1) is 6.92 Å². The molecule has 0 aliphatic heterocycles. The van der Waals surface area contributed by atoms with Gasteiger partial charge in [0.1, 0.15) is 5.75 Å². The van der Waals surface area contributed by atoms with Crippen LogP contribution >= 0.6 is 0 Å². The van der Waals surface area contributed by atoms with Crippen LogP contribution in [0.2, 0.25) is 0 Å². The van der Waals surface area contributed by atoms with Crippen LogP contribution in [0.5, 0.6) is 5.75 Å². The van der Waals surface area contributed by atoms with Gasteiger partial charge < -0.3 is 20.7 Å². The van der Waals surface area contributed by atoms with Gasteiger partial charge in [0.25, 0.3) is 5.91 Å². The van der Waals surface area contributed by atoms with Crippen molar-refractivity contribution >= 4 is 11.9 Å². The van der Waals surface area contributed by atoms with Crippen LogP contribution in [-0.4, -0.2) is 38.6 Å². The summed E-state index contributed by atoms with van der Waals surface area (Å²) in [5.41, 5.74) is 4.05. The maximum atomic E-state index is 11.8. The molecule has 2 rings (SSSR count). The molecule has 3 N–H and O–H groups in total. The fraction of sp³-hybridized carbons (Fsp3) is 0.417. The average Bonchev–Trinajstić information content (AvgIpc) is 2.76. The highest BCUT2D eigenvalue weighted by Gasteiger charge is 2.09. The minimum Gasteiger partial charge on any atom is -0.490 e. The fourth-order valence-corrected chi connectivity index (χ4v) is 2.95. The smallest absolute Gasteiger partial charge is 0.251 e. The largest absolute Gasteiger partial charge is 0.490 e. The first-order chi connectivity index (χ1) is 14.5. The number of ether oxygens (including phenoxy) is 1. The monoisotopic (exact) mass is 410 g/mol. The Balaban J connectivity index is 1.91. The summed E-state index contributed by atoms with van der Waals surface area (Å²) in [7, 11) is 3.40. The molecule has 0 heterocycles. The Morgan fingerprint density at radius 3 is 2.67 bits per heavy atom. The van der Waals surface area contributed by atoms with E-state index in [-0.39, 0.29) is 12.0 Å². The zero-order valence-corrected chi connectivity index (χ0v) is 18.7. The van der Waals surface area contributed by atoms with E-state index in [9.17, 15) is 4.79 Å². The molecule has 2 aromatic carbocycles. The molecule has 6 nitrogen and oxygen atoms in total. The molecule has 162 valence electrons. The number of guanidine groups is 1. The summed E-state index contributed by atoms with van der Waals surface area (Å²) in [5, 5.41) is 9.34. The molecule has 0 aromatic heterocycles. The van der Waals surface area contributed by atoms with Crippen LogP contribution in [-0.2, 0) is 13.0 Å². The second-order valence-corrected chi connectivity index (χ2v) is 7.33. The van der Waals surface area contributed by atoms with Crippen LogP contribution in [0.1, 0.15) is 47.3 Å². The first-order valence-electron chi connectivity index (χ1n) is 10.5. The summed E-state index contributed by atoms with van der Waals surface area (Å²) < 4.78 is 6.09. The van der Waals surface area contributed by atoms with Gasteiger partial charge in [-0.3, -0.25) is 9.79 Å². The quantitative estimate of drug-likeness (QED) is 0.437. The van der Waals surface area contributed by atoms with Crippen LogP contribution < -0.4 is 20.7 Å². The predicted octanol–water partition coefficient (Wildman–Crippen LogP) is 3.44. The first kappa shape index (κ1) is 23.3. The van der Waals surface area contributed by atoms with Gasteiger partial charge in [-0.2, -0.15) is 0 Å². The van der Waals surface area contributed by atoms with E-state index in [4.69, 9.17) is 4.74 Å². The van der Waals surface area contributed by atoms with Gasteiger partial charge in [-0.05, 0) is 56.0 Å². The van der Waals surface area contributed by atoms with Crippen LogP contribution in [0.3, 0.4) is 0 Å². The zero-order chi connectivity index (χ0) is 21.9. The Hall–Kier alpha value is -3.02. The lowest BCUT2D eigenvalue weighted by molar-refractivity contribution is 0.0963. The number of carbonyl (C=O) groups excluding carboxylic acids is 1. The average molecular weight is 411 g/mol. The molecule has 6 heteroatoms. The number of aryl methyl sites for hydroxylation is 1. The van der Waals surface area contributed by atoms with Crippen molar-refractivity contribution in [2.24, 2.45) is 4.99 Å². The van der Waals surface area contributed by atoms with E-state index >= 15 is 0 Å². The highest BCUT2D eigenvalue weighted by atomic mass is 16.5. The van der Waals surface area contributed by atoms with Gasteiger partial charge in [-0.1, -0.05) is 31.2 Å². The lowest BCUT2D eigenvalue weighted by Gasteiger charge is -2.18. The van der Waals surface area contributed by atoms with Gasteiger partial charge >= 0.3 is 0 Å². The Labute approximate surface area is 180 Å². The number of nitrogens with one attached hydrogen (secondary N) is 3. The number of amides is 1. The van der Waals surface area contributed by atoms with Crippen molar-refractivity contribution in [3.05, 3.63) is 64.7 Å². The van der Waals surface area contributed by atoms with E-state index in [0.717, 1.165) is 35.7 Å². The molecule has 1 unspecified atom stereocenters. The van der Waals surface area contributed by atoms with E-state index in [1.165, 1.54) is 5.56 Å². The summed E-state index contributed by atoms with van der Waals surface area (Å²) >= 11 is 0. The number of rotatable bonds is 9. The molecule has 2 aromatic rings. The number of benzene rings is 2. The highest BCUT2D eigenvalue weighted by molar-refractivity contribution is 5.94. The summed E-state index contributed by atoms with van der Waals surface area (Å²) in [6, 6.07) is 13.9. The van der Waals surface area contributed by atoms with Crippen LogP contribution in [0.25, 0.3) is 0 Å². The lowest BCUT2D eigenvalue weighted by atomic mass is 10.1. The SMILES string of the molecule is CCC(C)Oc1cc(C)ccc1CNC(=NC)NCCc1cccc(C(=O)NC)c1. The maximum Gasteiger partial charge on any atom is 0.251 e. The van der Waals surface area contributed by atoms with Gasteiger partial charge in [0, 0.05) is 38.3 Å². The molecule has 30 heavy (non-hydrogen) atoms. The topological polar surface area (TPSA) is 74.8 Å². The minimum atomic E-state index is -0.0733. The Morgan fingerprint density at radius 1 is 1.17 bits per heavy atom.